The van der Waals surface area contributed by atoms with Crippen molar-refractivity contribution in [2.75, 3.05) is 0 Å². The molecule has 0 amide bonds. The summed E-state index contributed by atoms with van der Waals surface area (Å²) in [6.07, 6.45) is 1.80. The first-order valence-electron chi connectivity index (χ1n) is 5.80. The van der Waals surface area contributed by atoms with E-state index in [9.17, 15) is 9.65 Å². The summed E-state index contributed by atoms with van der Waals surface area (Å²) in [5.74, 6) is -0.248. The van der Waals surface area contributed by atoms with Crippen LogP contribution >= 0.6 is 11.3 Å². The molecule has 1 saturated carbocycles. The van der Waals surface area contributed by atoms with Crippen LogP contribution in [0.1, 0.15) is 22.7 Å². The number of aromatic nitrogens is 1. The van der Waals surface area contributed by atoms with Crippen LogP contribution < -0.4 is 0 Å². The molecule has 1 aliphatic rings. The third-order valence-corrected chi connectivity index (χ3v) is 4.46. The molecular formula is C14H11FN2S. The third kappa shape index (κ3) is 1.72. The zero-order chi connectivity index (χ0) is 12.8. The van der Waals surface area contributed by atoms with E-state index < -0.39 is 0 Å². The van der Waals surface area contributed by atoms with Crippen LogP contribution in [0.3, 0.4) is 0 Å². The van der Waals surface area contributed by atoms with Gasteiger partial charge < -0.3 is 0 Å². The Balaban J connectivity index is 2.04. The Hall–Kier alpha value is -1.73. The molecule has 3 rings (SSSR count). The van der Waals surface area contributed by atoms with Gasteiger partial charge in [0.1, 0.15) is 16.2 Å². The van der Waals surface area contributed by atoms with Gasteiger partial charge in [-0.3, -0.25) is 0 Å². The van der Waals surface area contributed by atoms with Gasteiger partial charge in [0.25, 0.3) is 0 Å². The van der Waals surface area contributed by atoms with E-state index in [1.165, 1.54) is 12.1 Å². The van der Waals surface area contributed by atoms with Gasteiger partial charge >= 0.3 is 0 Å². The molecule has 0 N–H and O–H groups in total. The Morgan fingerprint density at radius 3 is 2.56 bits per heavy atom. The third-order valence-electron chi connectivity index (χ3n) is 3.29. The summed E-state index contributed by atoms with van der Waals surface area (Å²) in [7, 11) is 0. The quantitative estimate of drug-likeness (QED) is 0.821. The van der Waals surface area contributed by atoms with E-state index in [4.69, 9.17) is 0 Å². The maximum atomic E-state index is 12.9. The number of thiazole rings is 1. The van der Waals surface area contributed by atoms with Gasteiger partial charge in [0.2, 0.25) is 0 Å². The topological polar surface area (TPSA) is 36.7 Å². The van der Waals surface area contributed by atoms with E-state index in [0.717, 1.165) is 34.0 Å². The van der Waals surface area contributed by atoms with Crippen LogP contribution in [-0.4, -0.2) is 4.98 Å². The Kier molecular flexibility index (Phi) is 2.46. The summed E-state index contributed by atoms with van der Waals surface area (Å²) in [5.41, 5.74) is 1.44. The summed E-state index contributed by atoms with van der Waals surface area (Å²) in [5, 5.41) is 10.1. The Bertz CT molecular complexity index is 633. The second-order valence-corrected chi connectivity index (χ2v) is 5.83. The van der Waals surface area contributed by atoms with Gasteiger partial charge in [-0.25, -0.2) is 9.37 Å². The van der Waals surface area contributed by atoms with Crippen LogP contribution in [0.25, 0.3) is 11.3 Å². The van der Waals surface area contributed by atoms with E-state index in [1.807, 2.05) is 6.92 Å². The smallest absolute Gasteiger partial charge is 0.123 e. The van der Waals surface area contributed by atoms with E-state index in [2.05, 4.69) is 11.1 Å². The first kappa shape index (κ1) is 11.4. The molecule has 0 spiro atoms. The van der Waals surface area contributed by atoms with Crippen LogP contribution in [0.2, 0.25) is 0 Å². The standard InChI is InChI=1S/C14H11FN2S/c1-9-12(10-2-4-11(15)5-3-10)17-13(18-9)14(8-16)6-7-14/h2-5H,6-7H2,1H3. The predicted molar refractivity (Wildman–Crippen MR) is 68.8 cm³/mol. The summed E-state index contributed by atoms with van der Waals surface area (Å²) >= 11 is 1.58. The van der Waals surface area contributed by atoms with Crippen LogP contribution in [0.4, 0.5) is 4.39 Å². The molecular weight excluding hydrogens is 247 g/mol. The van der Waals surface area contributed by atoms with Crippen molar-refractivity contribution in [3.63, 3.8) is 0 Å². The number of benzene rings is 1. The van der Waals surface area contributed by atoms with Gasteiger partial charge in [0.05, 0.1) is 11.8 Å². The minimum Gasteiger partial charge on any atom is -0.239 e. The van der Waals surface area contributed by atoms with Crippen LogP contribution in [0, 0.1) is 24.1 Å². The van der Waals surface area contributed by atoms with Crippen molar-refractivity contribution in [2.24, 2.45) is 0 Å². The molecule has 0 bridgehead atoms. The molecule has 18 heavy (non-hydrogen) atoms. The molecule has 0 saturated heterocycles. The highest BCUT2D eigenvalue weighted by atomic mass is 32.1. The number of halogens is 1. The number of nitrogens with zero attached hydrogens (tertiary/aromatic N) is 2. The molecule has 1 fully saturated rings. The normalized spacial score (nSPS) is 16.3. The minimum absolute atomic E-state index is 0.248. The molecule has 0 radical (unpaired) electrons. The zero-order valence-electron chi connectivity index (χ0n) is 9.90. The van der Waals surface area contributed by atoms with E-state index in [1.54, 1.807) is 23.5 Å². The monoisotopic (exact) mass is 258 g/mol. The fourth-order valence-corrected chi connectivity index (χ4v) is 3.11. The zero-order valence-corrected chi connectivity index (χ0v) is 10.7. The fourth-order valence-electron chi connectivity index (χ4n) is 1.98. The van der Waals surface area contributed by atoms with Crippen molar-refractivity contribution in [1.82, 2.24) is 4.98 Å². The summed E-state index contributed by atoms with van der Waals surface area (Å²) in [6, 6.07) is 8.69. The van der Waals surface area contributed by atoms with Crippen molar-refractivity contribution < 1.29 is 4.39 Å². The summed E-state index contributed by atoms with van der Waals surface area (Å²) in [4.78, 5) is 5.67. The number of hydrogen-bond donors (Lipinski definition) is 0. The number of rotatable bonds is 2. The Labute approximate surface area is 109 Å². The maximum absolute atomic E-state index is 12.9. The maximum Gasteiger partial charge on any atom is 0.123 e. The SMILES string of the molecule is Cc1sc(C2(C#N)CC2)nc1-c1ccc(F)cc1. The molecule has 4 heteroatoms. The first-order chi connectivity index (χ1) is 8.64. The van der Waals surface area contributed by atoms with Gasteiger partial charge in [0.15, 0.2) is 0 Å². The first-order valence-corrected chi connectivity index (χ1v) is 6.61. The minimum atomic E-state index is -0.340. The number of nitriles is 1. The molecule has 2 aromatic rings. The summed E-state index contributed by atoms with van der Waals surface area (Å²) in [6.45, 7) is 1.99. The fraction of sp³-hybridized carbons (Fsp3) is 0.286. The highest BCUT2D eigenvalue weighted by Gasteiger charge is 2.48. The van der Waals surface area contributed by atoms with E-state index in [0.29, 0.717) is 0 Å². The molecule has 2 nitrogen and oxygen atoms in total. The Morgan fingerprint density at radius 2 is 2.00 bits per heavy atom. The molecule has 1 aromatic carbocycles. The van der Waals surface area contributed by atoms with Crippen molar-refractivity contribution in [1.29, 1.82) is 5.26 Å². The number of hydrogen-bond acceptors (Lipinski definition) is 3. The molecule has 0 atom stereocenters. The van der Waals surface area contributed by atoms with Gasteiger partial charge in [-0.2, -0.15) is 5.26 Å². The van der Waals surface area contributed by atoms with Crippen molar-refractivity contribution >= 4 is 11.3 Å². The molecule has 1 aromatic heterocycles. The van der Waals surface area contributed by atoms with Gasteiger partial charge in [0, 0.05) is 10.4 Å². The highest BCUT2D eigenvalue weighted by Crippen LogP contribution is 2.50. The van der Waals surface area contributed by atoms with Gasteiger partial charge in [-0.1, -0.05) is 0 Å². The van der Waals surface area contributed by atoms with Gasteiger partial charge in [-0.15, -0.1) is 11.3 Å². The van der Waals surface area contributed by atoms with Crippen molar-refractivity contribution in [3.8, 4) is 17.3 Å². The van der Waals surface area contributed by atoms with Crippen molar-refractivity contribution in [3.05, 3.63) is 40.0 Å². The van der Waals surface area contributed by atoms with E-state index >= 15 is 0 Å². The van der Waals surface area contributed by atoms with Crippen LogP contribution in [0.15, 0.2) is 24.3 Å². The lowest BCUT2D eigenvalue weighted by molar-refractivity contribution is 0.628. The van der Waals surface area contributed by atoms with Crippen LogP contribution in [0.5, 0.6) is 0 Å². The largest absolute Gasteiger partial charge is 0.239 e. The van der Waals surface area contributed by atoms with Crippen molar-refractivity contribution in [2.45, 2.75) is 25.2 Å². The lowest BCUT2D eigenvalue weighted by Crippen LogP contribution is -2.01. The molecule has 1 aliphatic carbocycles. The molecule has 1 heterocycles. The second-order valence-electron chi connectivity index (χ2n) is 4.62. The molecule has 0 aliphatic heterocycles. The average Bonchev–Trinajstić information content (AvgIpc) is 3.08. The molecule has 90 valence electrons. The molecule has 0 unspecified atom stereocenters. The number of aryl methyl sites for hydroxylation is 1. The average molecular weight is 258 g/mol. The second kappa shape index (κ2) is 3.89. The lowest BCUT2D eigenvalue weighted by atomic mass is 10.1. The predicted octanol–water partition coefficient (Wildman–Crippen LogP) is 3.81. The Morgan fingerprint density at radius 1 is 1.33 bits per heavy atom. The van der Waals surface area contributed by atoms with Gasteiger partial charge in [-0.05, 0) is 44.0 Å². The van der Waals surface area contributed by atoms with Crippen LogP contribution in [-0.2, 0) is 5.41 Å². The lowest BCUT2D eigenvalue weighted by Gasteiger charge is -1.99. The highest BCUT2D eigenvalue weighted by molar-refractivity contribution is 7.12. The van der Waals surface area contributed by atoms with E-state index in [-0.39, 0.29) is 11.2 Å². The summed E-state index contributed by atoms with van der Waals surface area (Å²) < 4.78 is 12.9.